The average molecular weight is 258 g/mol. The van der Waals surface area contributed by atoms with E-state index in [2.05, 4.69) is 0 Å². The maximum atomic E-state index is 12.1. The van der Waals surface area contributed by atoms with Crippen molar-refractivity contribution in [1.29, 1.82) is 0 Å². The smallest absolute Gasteiger partial charge is 0.343 e. The molecule has 0 amide bonds. The van der Waals surface area contributed by atoms with E-state index in [0.717, 1.165) is 12.0 Å². The van der Waals surface area contributed by atoms with Gasteiger partial charge in [0.15, 0.2) is 11.5 Å². The van der Waals surface area contributed by atoms with Crippen molar-refractivity contribution in [2.45, 2.75) is 33.6 Å². The zero-order chi connectivity index (χ0) is 14.0. The summed E-state index contributed by atoms with van der Waals surface area (Å²) in [4.78, 5) is 24.0. The van der Waals surface area contributed by atoms with Crippen LogP contribution in [0.5, 0.6) is 0 Å². The minimum atomic E-state index is -0.469. The average Bonchev–Trinajstić information content (AvgIpc) is 2.33. The molecule has 2 rings (SSSR count). The lowest BCUT2D eigenvalue weighted by Crippen LogP contribution is -2.27. The predicted molar refractivity (Wildman–Crippen MR) is 72.6 cm³/mol. The van der Waals surface area contributed by atoms with Crippen LogP contribution >= 0.6 is 0 Å². The van der Waals surface area contributed by atoms with Crippen molar-refractivity contribution in [3.63, 3.8) is 0 Å². The Labute approximate surface area is 113 Å². The third-order valence-electron chi connectivity index (χ3n) is 3.23. The highest BCUT2D eigenvalue weighted by molar-refractivity contribution is 6.00. The Hall–Kier alpha value is -1.90. The molecule has 0 N–H and O–H groups in total. The standard InChI is InChI=1S/C16H18O3/c1-11-9-16(2,3)10-13(17)14(11)19-15(18)12-7-5-4-6-8-12/h4-8H,9-10H2,1-3H3. The molecule has 0 aromatic heterocycles. The van der Waals surface area contributed by atoms with Crippen LogP contribution in [0.25, 0.3) is 0 Å². The summed E-state index contributed by atoms with van der Waals surface area (Å²) in [5.41, 5.74) is 1.26. The number of carbonyl (C=O) groups excluding carboxylic acids is 2. The van der Waals surface area contributed by atoms with Crippen LogP contribution < -0.4 is 0 Å². The number of esters is 1. The summed E-state index contributed by atoms with van der Waals surface area (Å²) in [5, 5.41) is 0. The van der Waals surface area contributed by atoms with E-state index in [9.17, 15) is 9.59 Å². The van der Waals surface area contributed by atoms with Gasteiger partial charge in [0.05, 0.1) is 5.56 Å². The first-order chi connectivity index (χ1) is 8.89. The summed E-state index contributed by atoms with van der Waals surface area (Å²) in [7, 11) is 0. The number of allylic oxidation sites excluding steroid dienone is 2. The van der Waals surface area contributed by atoms with E-state index >= 15 is 0 Å². The molecule has 1 aromatic carbocycles. The molecule has 0 saturated carbocycles. The van der Waals surface area contributed by atoms with Crippen molar-refractivity contribution in [2.24, 2.45) is 5.41 Å². The van der Waals surface area contributed by atoms with Gasteiger partial charge in [-0.25, -0.2) is 4.79 Å². The number of Topliss-reactive ketones (excluding diaryl/α,β-unsaturated/α-hetero) is 1. The molecule has 0 aliphatic heterocycles. The number of ketones is 1. The van der Waals surface area contributed by atoms with Gasteiger partial charge in [0.1, 0.15) is 0 Å². The number of benzene rings is 1. The molecule has 0 unspecified atom stereocenters. The van der Waals surface area contributed by atoms with E-state index < -0.39 is 5.97 Å². The zero-order valence-corrected chi connectivity index (χ0v) is 11.5. The minimum absolute atomic E-state index is 0.0518. The van der Waals surface area contributed by atoms with Gasteiger partial charge in [0.2, 0.25) is 0 Å². The second kappa shape index (κ2) is 5.00. The lowest BCUT2D eigenvalue weighted by Gasteiger charge is -2.30. The first kappa shape index (κ1) is 13.5. The second-order valence-corrected chi connectivity index (χ2v) is 5.81. The topological polar surface area (TPSA) is 43.4 Å². The molecule has 3 heteroatoms. The summed E-state index contributed by atoms with van der Waals surface area (Å²) >= 11 is 0. The van der Waals surface area contributed by atoms with Crippen LogP contribution in [0, 0.1) is 5.41 Å². The highest BCUT2D eigenvalue weighted by Crippen LogP contribution is 2.37. The van der Waals surface area contributed by atoms with E-state index in [1.54, 1.807) is 24.3 Å². The fraction of sp³-hybridized carbons (Fsp3) is 0.375. The highest BCUT2D eigenvalue weighted by Gasteiger charge is 2.33. The van der Waals surface area contributed by atoms with Crippen LogP contribution in [-0.4, -0.2) is 11.8 Å². The van der Waals surface area contributed by atoms with Gasteiger partial charge in [-0.1, -0.05) is 32.0 Å². The summed E-state index contributed by atoms with van der Waals surface area (Å²) in [6.07, 6.45) is 1.19. The van der Waals surface area contributed by atoms with Gasteiger partial charge in [0, 0.05) is 6.42 Å². The van der Waals surface area contributed by atoms with Crippen LogP contribution in [0.15, 0.2) is 41.7 Å². The monoisotopic (exact) mass is 258 g/mol. The van der Waals surface area contributed by atoms with Crippen LogP contribution in [-0.2, 0) is 9.53 Å². The number of rotatable bonds is 2. The summed E-state index contributed by atoms with van der Waals surface area (Å²) in [6.45, 7) is 5.95. The van der Waals surface area contributed by atoms with Crippen molar-refractivity contribution in [3.8, 4) is 0 Å². The van der Waals surface area contributed by atoms with E-state index in [-0.39, 0.29) is 17.0 Å². The van der Waals surface area contributed by atoms with Crippen LogP contribution in [0.3, 0.4) is 0 Å². The molecule has 1 aliphatic carbocycles. The first-order valence-electron chi connectivity index (χ1n) is 6.39. The van der Waals surface area contributed by atoms with Gasteiger partial charge < -0.3 is 4.74 Å². The third kappa shape index (κ3) is 3.11. The Kier molecular flexibility index (Phi) is 3.56. The fourth-order valence-electron chi connectivity index (χ4n) is 2.48. The van der Waals surface area contributed by atoms with Crippen LogP contribution in [0.1, 0.15) is 44.0 Å². The molecule has 0 fully saturated rings. The maximum absolute atomic E-state index is 12.1. The molecule has 0 radical (unpaired) electrons. The van der Waals surface area contributed by atoms with Gasteiger partial charge in [-0.3, -0.25) is 4.79 Å². The van der Waals surface area contributed by atoms with Gasteiger partial charge in [-0.05, 0) is 36.5 Å². The maximum Gasteiger partial charge on any atom is 0.343 e. The predicted octanol–water partition coefficient (Wildman–Crippen LogP) is 3.51. The summed E-state index contributed by atoms with van der Waals surface area (Å²) in [5.74, 6) is -0.325. The molecule has 0 atom stereocenters. The minimum Gasteiger partial charge on any atom is -0.419 e. The first-order valence-corrected chi connectivity index (χ1v) is 6.39. The molecule has 100 valence electrons. The lowest BCUT2D eigenvalue weighted by atomic mass is 9.76. The third-order valence-corrected chi connectivity index (χ3v) is 3.23. The summed E-state index contributed by atoms with van der Waals surface area (Å²) < 4.78 is 5.29. The number of hydrogen-bond donors (Lipinski definition) is 0. The van der Waals surface area contributed by atoms with Crippen molar-refractivity contribution in [1.82, 2.24) is 0 Å². The molecule has 0 saturated heterocycles. The summed E-state index contributed by atoms with van der Waals surface area (Å²) in [6, 6.07) is 8.72. The molecular weight excluding hydrogens is 240 g/mol. The molecule has 19 heavy (non-hydrogen) atoms. The molecule has 0 spiro atoms. The van der Waals surface area contributed by atoms with Gasteiger partial charge in [-0.15, -0.1) is 0 Å². The van der Waals surface area contributed by atoms with Crippen molar-refractivity contribution in [2.75, 3.05) is 0 Å². The molecule has 1 aromatic rings. The van der Waals surface area contributed by atoms with E-state index in [1.165, 1.54) is 0 Å². The Morgan fingerprint density at radius 1 is 1.16 bits per heavy atom. The molecule has 0 heterocycles. The van der Waals surface area contributed by atoms with E-state index in [4.69, 9.17) is 4.74 Å². The van der Waals surface area contributed by atoms with Crippen molar-refractivity contribution < 1.29 is 14.3 Å². The quantitative estimate of drug-likeness (QED) is 0.762. The van der Waals surface area contributed by atoms with Crippen molar-refractivity contribution >= 4 is 11.8 Å². The lowest BCUT2D eigenvalue weighted by molar-refractivity contribution is -0.121. The van der Waals surface area contributed by atoms with Gasteiger partial charge in [0.25, 0.3) is 0 Å². The Bertz CT molecular complexity index is 538. The number of hydrogen-bond acceptors (Lipinski definition) is 3. The van der Waals surface area contributed by atoms with Crippen LogP contribution in [0.2, 0.25) is 0 Å². The van der Waals surface area contributed by atoms with Gasteiger partial charge in [-0.2, -0.15) is 0 Å². The van der Waals surface area contributed by atoms with Crippen LogP contribution in [0.4, 0.5) is 0 Å². The molecule has 1 aliphatic rings. The highest BCUT2D eigenvalue weighted by atomic mass is 16.5. The van der Waals surface area contributed by atoms with Crippen molar-refractivity contribution in [3.05, 3.63) is 47.2 Å². The largest absolute Gasteiger partial charge is 0.419 e. The Morgan fingerprint density at radius 2 is 1.79 bits per heavy atom. The second-order valence-electron chi connectivity index (χ2n) is 5.81. The fourth-order valence-corrected chi connectivity index (χ4v) is 2.48. The number of carbonyl (C=O) groups is 2. The molecule has 3 nitrogen and oxygen atoms in total. The Balaban J connectivity index is 2.19. The molecular formula is C16H18O3. The SMILES string of the molecule is CC1=C(OC(=O)c2ccccc2)C(=O)CC(C)(C)C1. The Morgan fingerprint density at radius 3 is 2.37 bits per heavy atom. The number of ether oxygens (including phenoxy) is 1. The normalized spacial score (nSPS) is 18.4. The zero-order valence-electron chi connectivity index (χ0n) is 11.5. The van der Waals surface area contributed by atoms with E-state index in [1.807, 2.05) is 26.8 Å². The molecule has 0 bridgehead atoms. The van der Waals surface area contributed by atoms with Gasteiger partial charge >= 0.3 is 5.97 Å². The van der Waals surface area contributed by atoms with E-state index in [0.29, 0.717) is 12.0 Å².